The summed E-state index contributed by atoms with van der Waals surface area (Å²) >= 11 is 0. The molecular formula is C10H14N2O3. The molecule has 0 aromatic carbocycles. The normalized spacial score (nSPS) is 30.7. The van der Waals surface area contributed by atoms with Gasteiger partial charge in [-0.2, -0.15) is 0 Å². The van der Waals surface area contributed by atoms with Gasteiger partial charge < -0.3 is 4.74 Å². The summed E-state index contributed by atoms with van der Waals surface area (Å²) in [6.07, 6.45) is 2.31. The van der Waals surface area contributed by atoms with Gasteiger partial charge >= 0.3 is 5.69 Å². The molecule has 1 saturated heterocycles. The topological polar surface area (TPSA) is 64.1 Å². The summed E-state index contributed by atoms with van der Waals surface area (Å²) in [5, 5.41) is 0. The minimum absolute atomic E-state index is 0.156. The van der Waals surface area contributed by atoms with E-state index in [1.165, 1.54) is 16.8 Å². The molecule has 1 aliphatic rings. The Hall–Kier alpha value is -1.36. The highest BCUT2D eigenvalue weighted by molar-refractivity contribution is 4.87. The highest BCUT2D eigenvalue weighted by atomic mass is 16.5. The first-order chi connectivity index (χ1) is 7.08. The molecule has 5 heteroatoms. The molecule has 15 heavy (non-hydrogen) atoms. The summed E-state index contributed by atoms with van der Waals surface area (Å²) in [7, 11) is 0. The van der Waals surface area contributed by atoms with Gasteiger partial charge in [0.15, 0.2) is 0 Å². The van der Waals surface area contributed by atoms with Crippen LogP contribution in [-0.2, 0) is 4.74 Å². The molecule has 0 spiro atoms. The third-order valence-corrected chi connectivity index (χ3v) is 2.69. The lowest BCUT2D eigenvalue weighted by molar-refractivity contribution is -0.00556. The molecule has 82 valence electrons. The van der Waals surface area contributed by atoms with Crippen molar-refractivity contribution in [1.82, 2.24) is 9.55 Å². The first kappa shape index (κ1) is 10.2. The van der Waals surface area contributed by atoms with Crippen molar-refractivity contribution in [2.75, 3.05) is 0 Å². The number of hydrogen-bond donors (Lipinski definition) is 1. The van der Waals surface area contributed by atoms with Crippen molar-refractivity contribution < 1.29 is 4.74 Å². The Morgan fingerprint density at radius 1 is 1.47 bits per heavy atom. The molecular weight excluding hydrogens is 196 g/mol. The molecule has 1 aromatic heterocycles. The van der Waals surface area contributed by atoms with Crippen LogP contribution < -0.4 is 11.2 Å². The monoisotopic (exact) mass is 210 g/mol. The second-order valence-electron chi connectivity index (χ2n) is 4.07. The zero-order valence-corrected chi connectivity index (χ0v) is 8.77. The van der Waals surface area contributed by atoms with Gasteiger partial charge in [-0.1, -0.05) is 6.92 Å². The third kappa shape index (κ3) is 1.87. The number of nitrogens with one attached hydrogen (secondary N) is 1. The van der Waals surface area contributed by atoms with E-state index in [1.807, 2.05) is 13.8 Å². The van der Waals surface area contributed by atoms with Gasteiger partial charge in [0.25, 0.3) is 5.56 Å². The number of H-pyrrole nitrogens is 1. The molecule has 0 radical (unpaired) electrons. The molecule has 2 heterocycles. The van der Waals surface area contributed by atoms with Crippen molar-refractivity contribution in [3.8, 4) is 0 Å². The average molecular weight is 210 g/mol. The molecule has 1 N–H and O–H groups in total. The number of aromatic nitrogens is 2. The number of aromatic amines is 1. The van der Waals surface area contributed by atoms with Crippen LogP contribution in [0.3, 0.4) is 0 Å². The van der Waals surface area contributed by atoms with Crippen LogP contribution in [0.4, 0.5) is 0 Å². The Kier molecular flexibility index (Phi) is 2.48. The number of rotatable bonds is 1. The fourth-order valence-corrected chi connectivity index (χ4v) is 2.04. The fraction of sp³-hybridized carbons (Fsp3) is 0.600. The van der Waals surface area contributed by atoms with E-state index in [4.69, 9.17) is 4.74 Å². The van der Waals surface area contributed by atoms with Crippen molar-refractivity contribution >= 4 is 0 Å². The van der Waals surface area contributed by atoms with E-state index in [9.17, 15) is 9.59 Å². The first-order valence-electron chi connectivity index (χ1n) is 5.05. The Morgan fingerprint density at radius 3 is 2.73 bits per heavy atom. The summed E-state index contributed by atoms with van der Waals surface area (Å²) in [4.78, 5) is 24.6. The Bertz CT molecular complexity index is 462. The van der Waals surface area contributed by atoms with Gasteiger partial charge in [-0.05, 0) is 13.3 Å². The molecule has 1 unspecified atom stereocenters. The zero-order chi connectivity index (χ0) is 11.0. The Morgan fingerprint density at radius 2 is 2.20 bits per heavy atom. The van der Waals surface area contributed by atoms with Crippen LogP contribution in [0.15, 0.2) is 21.9 Å². The van der Waals surface area contributed by atoms with Gasteiger partial charge in [0, 0.05) is 18.2 Å². The van der Waals surface area contributed by atoms with E-state index in [2.05, 4.69) is 4.98 Å². The van der Waals surface area contributed by atoms with E-state index in [-0.39, 0.29) is 23.8 Å². The van der Waals surface area contributed by atoms with Crippen LogP contribution in [0, 0.1) is 5.92 Å². The molecule has 0 amide bonds. The molecule has 0 bridgehead atoms. The largest absolute Gasteiger partial charge is 0.355 e. The molecule has 1 aliphatic heterocycles. The summed E-state index contributed by atoms with van der Waals surface area (Å²) in [5.41, 5.74) is -0.789. The predicted molar refractivity (Wildman–Crippen MR) is 54.7 cm³/mol. The van der Waals surface area contributed by atoms with Gasteiger partial charge in [0.2, 0.25) is 0 Å². The molecule has 0 aliphatic carbocycles. The standard InChI is InChI=1S/C10H14N2O3/c1-6-5-7(2)15-9(6)12-4-3-8(13)11-10(12)14/h3-4,6-7,9H,5H2,1-2H3,(H,11,13,14)/t6-,7?,9+/m0/s1. The molecule has 0 saturated carbocycles. The van der Waals surface area contributed by atoms with Crippen molar-refractivity contribution in [3.05, 3.63) is 33.1 Å². The lowest BCUT2D eigenvalue weighted by Crippen LogP contribution is -2.33. The van der Waals surface area contributed by atoms with E-state index < -0.39 is 5.69 Å². The van der Waals surface area contributed by atoms with E-state index in [1.54, 1.807) is 0 Å². The Labute approximate surface area is 86.7 Å². The van der Waals surface area contributed by atoms with Crippen LogP contribution in [0.5, 0.6) is 0 Å². The lowest BCUT2D eigenvalue weighted by atomic mass is 10.1. The second-order valence-corrected chi connectivity index (χ2v) is 4.07. The lowest BCUT2D eigenvalue weighted by Gasteiger charge is -2.17. The third-order valence-electron chi connectivity index (χ3n) is 2.69. The van der Waals surface area contributed by atoms with Gasteiger partial charge in [0.05, 0.1) is 6.10 Å². The molecule has 1 fully saturated rings. The van der Waals surface area contributed by atoms with Crippen LogP contribution in [0.25, 0.3) is 0 Å². The highest BCUT2D eigenvalue weighted by Gasteiger charge is 2.31. The van der Waals surface area contributed by atoms with Gasteiger partial charge in [-0.3, -0.25) is 14.3 Å². The summed E-state index contributed by atoms with van der Waals surface area (Å²) in [6.45, 7) is 4.01. The fourth-order valence-electron chi connectivity index (χ4n) is 2.04. The first-order valence-corrected chi connectivity index (χ1v) is 5.05. The van der Waals surface area contributed by atoms with Crippen LogP contribution >= 0.6 is 0 Å². The van der Waals surface area contributed by atoms with Crippen molar-refractivity contribution in [2.45, 2.75) is 32.6 Å². The van der Waals surface area contributed by atoms with Crippen molar-refractivity contribution in [2.24, 2.45) is 5.92 Å². The predicted octanol–water partition coefficient (Wildman–Crippen LogP) is 0.480. The molecule has 3 atom stereocenters. The summed E-state index contributed by atoms with van der Waals surface area (Å²) in [5.74, 6) is 0.281. The van der Waals surface area contributed by atoms with Crippen LogP contribution in [-0.4, -0.2) is 15.7 Å². The number of hydrogen-bond acceptors (Lipinski definition) is 3. The minimum Gasteiger partial charge on any atom is -0.355 e. The maximum Gasteiger partial charge on any atom is 0.330 e. The molecule has 2 rings (SSSR count). The van der Waals surface area contributed by atoms with E-state index >= 15 is 0 Å². The maximum absolute atomic E-state index is 11.5. The van der Waals surface area contributed by atoms with Crippen molar-refractivity contribution in [3.63, 3.8) is 0 Å². The van der Waals surface area contributed by atoms with Gasteiger partial charge in [-0.25, -0.2) is 4.79 Å². The molecule has 1 aromatic rings. The van der Waals surface area contributed by atoms with Gasteiger partial charge in [0.1, 0.15) is 6.23 Å². The SMILES string of the molecule is CC1C[C@H](C)[C@H](n2ccc(=O)[nH]c2=O)O1. The van der Waals surface area contributed by atoms with Crippen LogP contribution in [0.2, 0.25) is 0 Å². The number of ether oxygens (including phenoxy) is 1. The van der Waals surface area contributed by atoms with E-state index in [0.717, 1.165) is 6.42 Å². The van der Waals surface area contributed by atoms with Crippen molar-refractivity contribution in [1.29, 1.82) is 0 Å². The number of nitrogens with zero attached hydrogens (tertiary/aromatic N) is 1. The quantitative estimate of drug-likeness (QED) is 0.733. The molecule has 5 nitrogen and oxygen atoms in total. The zero-order valence-electron chi connectivity index (χ0n) is 8.77. The minimum atomic E-state index is -0.409. The summed E-state index contributed by atoms with van der Waals surface area (Å²) in [6, 6.07) is 1.33. The average Bonchev–Trinajstić information content (AvgIpc) is 2.45. The van der Waals surface area contributed by atoms with E-state index in [0.29, 0.717) is 0 Å². The maximum atomic E-state index is 11.5. The smallest absolute Gasteiger partial charge is 0.330 e. The van der Waals surface area contributed by atoms with Crippen LogP contribution in [0.1, 0.15) is 26.5 Å². The Balaban J connectivity index is 2.38. The summed E-state index contributed by atoms with van der Waals surface area (Å²) < 4.78 is 7.06. The van der Waals surface area contributed by atoms with Gasteiger partial charge in [-0.15, -0.1) is 0 Å². The highest BCUT2D eigenvalue weighted by Crippen LogP contribution is 2.32. The second kappa shape index (κ2) is 3.66.